The van der Waals surface area contributed by atoms with Gasteiger partial charge in [0, 0.05) is 123 Å². The van der Waals surface area contributed by atoms with E-state index < -0.39 is 239 Å². The number of carbonyl (C=O) groups is 17. The van der Waals surface area contributed by atoms with E-state index in [4.69, 9.17) is 77.9 Å². The average molecular weight is 2120 g/mol. The van der Waals surface area contributed by atoms with Gasteiger partial charge in [-0.3, -0.25) is 86.4 Å². The fourth-order valence-corrected chi connectivity index (χ4v) is 14.1. The third kappa shape index (κ3) is 48.7. The quantitative estimate of drug-likeness (QED) is 0.0166. The topological polar surface area (TPSA) is 732 Å². The van der Waals surface area contributed by atoms with Gasteiger partial charge >= 0.3 is 11.9 Å². The van der Waals surface area contributed by atoms with Crippen LogP contribution in [0.15, 0.2) is 12.1 Å². The molecule has 0 spiro atoms. The summed E-state index contributed by atoms with van der Waals surface area (Å²) < 4.78 is 116. The normalized spacial score (nSPS) is 15.2. The third-order valence-corrected chi connectivity index (χ3v) is 22.2. The Labute approximate surface area is 853 Å². The van der Waals surface area contributed by atoms with Gasteiger partial charge in [0.05, 0.1) is 205 Å². The lowest BCUT2D eigenvalue weighted by atomic mass is 10.0. The first-order chi connectivity index (χ1) is 71.3. The minimum Gasteiger partial charge on any atom is -0.493 e. The Kier molecular flexibility index (Phi) is 60.6. The number of fused-ring (bicyclic) bond motifs is 2. The number of aliphatic hydroxyl groups is 9. The lowest BCUT2D eigenvalue weighted by molar-refractivity contribution is -0.150. The summed E-state index contributed by atoms with van der Waals surface area (Å²) in [6.45, 7) is 0.309. The first-order valence-electron chi connectivity index (χ1n) is 49.0. The van der Waals surface area contributed by atoms with Crippen LogP contribution >= 0.6 is 0 Å². The van der Waals surface area contributed by atoms with E-state index >= 15 is 8.78 Å². The molecule has 5 rings (SSSR count). The zero-order valence-electron chi connectivity index (χ0n) is 84.4. The summed E-state index contributed by atoms with van der Waals surface area (Å²) >= 11 is 0. The number of likely N-dealkylation sites (tertiary alicyclic amines) is 1. The Morgan fingerprint density at radius 1 is 0.426 bits per heavy atom. The molecule has 834 valence electrons. The lowest BCUT2D eigenvalue weighted by Gasteiger charge is -2.25. The number of nitrogens with one attached hydrogen (secondary N) is 10. The molecule has 148 heavy (non-hydrogen) atoms. The van der Waals surface area contributed by atoms with E-state index in [1.807, 2.05) is 0 Å². The van der Waals surface area contributed by atoms with Crippen LogP contribution in [0.1, 0.15) is 140 Å². The molecular formula is C93H143F2N13O40. The summed E-state index contributed by atoms with van der Waals surface area (Å²) in [4.78, 5) is 220. The molecule has 0 radical (unpaired) electrons. The van der Waals surface area contributed by atoms with Gasteiger partial charge in [-0.25, -0.2) is 8.78 Å². The number of hydrogen-bond donors (Lipinski definition) is 19. The molecule has 11 atom stereocenters. The fraction of sp³-hybridized carbons (Fsp3) is 0.688. The van der Waals surface area contributed by atoms with Gasteiger partial charge in [-0.15, -0.1) is 0 Å². The summed E-state index contributed by atoms with van der Waals surface area (Å²) in [7, 11) is 2.64. The maximum atomic E-state index is 16.2. The number of unbranched alkanes of at least 4 members (excludes halogenated alkanes) is 2. The van der Waals surface area contributed by atoms with Crippen LogP contribution in [0.3, 0.4) is 0 Å². The second-order valence-corrected chi connectivity index (χ2v) is 33.6. The van der Waals surface area contributed by atoms with Gasteiger partial charge in [0.25, 0.3) is 0 Å². The van der Waals surface area contributed by atoms with Gasteiger partial charge in [-0.1, -0.05) is 6.42 Å². The molecule has 3 heterocycles. The van der Waals surface area contributed by atoms with Crippen LogP contribution in [-0.4, -0.2) is 434 Å². The second-order valence-electron chi connectivity index (χ2n) is 33.6. The van der Waals surface area contributed by atoms with Crippen LogP contribution in [0.25, 0.3) is 0 Å². The Hall–Kier alpha value is -11.8. The van der Waals surface area contributed by atoms with Gasteiger partial charge in [-0.2, -0.15) is 0 Å². The second kappa shape index (κ2) is 71.8. The molecule has 0 aliphatic carbocycles. The highest BCUT2D eigenvalue weighted by atomic mass is 19.1. The molecule has 19 N–H and O–H groups in total. The first-order valence-corrected chi connectivity index (χ1v) is 48.4. The van der Waals surface area contributed by atoms with Crippen molar-refractivity contribution in [2.24, 2.45) is 0 Å². The summed E-state index contributed by atoms with van der Waals surface area (Å²) in [6, 6.07) is 0.241. The summed E-state index contributed by atoms with van der Waals surface area (Å²) in [5, 5.41) is 111. The third-order valence-electron chi connectivity index (χ3n) is 22.2. The van der Waals surface area contributed by atoms with Crippen LogP contribution in [-0.2, 0) is 155 Å². The van der Waals surface area contributed by atoms with Crippen LogP contribution in [0.5, 0.6) is 23.0 Å². The van der Waals surface area contributed by atoms with Crippen molar-refractivity contribution in [3.63, 3.8) is 0 Å². The molecular weight excluding hydrogens is 1980 g/mol. The Bertz CT molecular complexity index is 4620. The van der Waals surface area contributed by atoms with Crippen LogP contribution in [0, 0.1) is 11.6 Å². The van der Waals surface area contributed by atoms with E-state index in [1.54, 1.807) is 13.0 Å². The minimum atomic E-state index is -2.21. The predicted molar refractivity (Wildman–Crippen MR) is 504 cm³/mol. The first kappa shape index (κ1) is 125. The largest absolute Gasteiger partial charge is 0.493 e. The number of halogens is 2. The molecule has 2 aromatic rings. The van der Waals surface area contributed by atoms with Gasteiger partial charge < -0.3 is 175 Å². The number of imide groups is 1. The number of amides is 14. The van der Waals surface area contributed by atoms with Crippen molar-refractivity contribution in [3.05, 3.63) is 46.0 Å². The van der Waals surface area contributed by atoms with E-state index in [-0.39, 0.29) is 256 Å². The molecule has 1 unspecified atom stereocenters. The Morgan fingerprint density at radius 3 is 1.30 bits per heavy atom. The number of ketones is 1. The van der Waals surface area contributed by atoms with Crippen molar-refractivity contribution in [2.45, 2.75) is 204 Å². The van der Waals surface area contributed by atoms with E-state index in [2.05, 4.69) is 53.2 Å². The van der Waals surface area contributed by atoms with Crippen LogP contribution in [0.2, 0.25) is 0 Å². The number of rotatable bonds is 81. The number of benzene rings is 2. The number of ether oxygens (including phenoxy) is 14. The van der Waals surface area contributed by atoms with Gasteiger partial charge in [0.15, 0.2) is 40.4 Å². The maximum absolute atomic E-state index is 16.2. The van der Waals surface area contributed by atoms with Gasteiger partial charge in [-0.05, 0) is 62.8 Å². The van der Waals surface area contributed by atoms with E-state index in [1.165, 1.54) is 37.0 Å². The van der Waals surface area contributed by atoms with Gasteiger partial charge in [0.2, 0.25) is 82.7 Å². The van der Waals surface area contributed by atoms with Crippen molar-refractivity contribution < 1.29 is 204 Å². The van der Waals surface area contributed by atoms with Gasteiger partial charge in [0.1, 0.15) is 54.8 Å². The molecule has 0 saturated carbocycles. The van der Waals surface area contributed by atoms with Crippen molar-refractivity contribution in [1.29, 1.82) is 0 Å². The van der Waals surface area contributed by atoms with Crippen molar-refractivity contribution >= 4 is 100 Å². The number of hydrogen-bond acceptors (Lipinski definition) is 40. The van der Waals surface area contributed by atoms with Crippen molar-refractivity contribution in [2.75, 3.05) is 212 Å². The smallest absolute Gasteiger partial charge is 0.306 e. The number of aliphatic hydroxyl groups excluding tert-OH is 9. The zero-order chi connectivity index (χ0) is 110. The SMILES string of the molecule is [3H]C1CC(=O)N(CCCCCC(=O)N[C@@H](CCC(=O)NC[C@H](C)OC(=O)CCC(=O)N2Cc3cc(OC)c(OCCCOc4c(OC)cc5c(c4F)CN(C(=O)CCC(=O)OCC)C5)c(F)c3C2)C(=O)NCC(=O)NCC(=O)NCC(=O)NCC(=O)NCCOCCOCCOCCOCCOCCOCCOCCOCCC(=O)N[C@@H](CCC(=O)NC[C@H](O)[C@@H](O)[C@H](O)[C@H](O)CO)C(=O)NC[C@H](O)[C@@H](O)C(=O)[C@H](O)CO)C1=O. The monoisotopic (exact) mass is 2120 g/mol. The van der Waals surface area contributed by atoms with Crippen LogP contribution in [0.4, 0.5) is 8.78 Å². The zero-order valence-corrected chi connectivity index (χ0v) is 83.4. The van der Waals surface area contributed by atoms with E-state index in [0.717, 1.165) is 4.90 Å². The van der Waals surface area contributed by atoms with Crippen molar-refractivity contribution in [1.82, 2.24) is 67.9 Å². The summed E-state index contributed by atoms with van der Waals surface area (Å²) in [5.41, 5.74) is 1.32. The molecule has 3 aliphatic rings. The molecule has 55 heteroatoms. The number of esters is 2. The molecule has 1 saturated heterocycles. The number of carbonyl (C=O) groups excluding carboxylic acids is 17. The molecule has 14 amide bonds. The molecule has 0 aromatic heterocycles. The number of methoxy groups -OCH3 is 2. The highest BCUT2D eigenvalue weighted by Gasteiger charge is 2.37. The molecule has 0 bridgehead atoms. The average Bonchev–Trinajstić information content (AvgIpc) is 1.62. The van der Waals surface area contributed by atoms with E-state index in [0.29, 0.717) is 50.4 Å². The summed E-state index contributed by atoms with van der Waals surface area (Å²) in [6.07, 6.45) is -17.9. The standard InChI is InChI=1S/C93H143F2N13O40/c1-5-145-82(127)19-17-78(123)106-51-58-42-68(135-3)90(84(94)60(58)53-106)146-24-9-25-147-91-69(136-4)43-59-52-107(54-61(59)85(91)95)79(124)18-20-83(128)148-57(2)44-97-70(115)13-11-63(104-72(117)10-7-6-8-23-108-80(125)15-16-81(108)126)93(134)103-50-77(122)101-49-76(121)100-48-75(120)99-47-74(119)96-22-27-138-29-31-140-33-35-142-37-39-144-41-40-143-38-36-141-34-32-139-30-28-137-26-21-73(118)105-62(92(133)102-46-65(112)87(130)89(132)67(114)56-110)12-14-71(116)98-45-64(111)86(129)88(131)66(113)55-109/h42-43,57,62-67,86-88,109-114,129-131H,5-41,44-56H2,1-4H3,(H,96,119)(H,97,115)(H,98,116)(H,99,120)(H,100,121)(H,101,122)(H,102,133)(H,103,134)(H,104,117)(H,105,118)/t57-,62-,63-,64-,65-,66+,67+,86+,87+,88+/m0/s1/i15T/t15?,57-,62-,63-,64-,65-,66+,67+,86+,87+,88+. The highest BCUT2D eigenvalue weighted by Crippen LogP contribution is 2.41. The molecule has 1 fully saturated rings. The van der Waals surface area contributed by atoms with E-state index in [9.17, 15) is 117 Å². The minimum absolute atomic E-state index is 0.0279. The number of nitrogens with zero attached hydrogens (tertiary/aromatic N) is 3. The van der Waals surface area contributed by atoms with Crippen LogP contribution < -0.4 is 72.1 Å². The fourth-order valence-electron chi connectivity index (χ4n) is 14.1. The number of Topliss-reactive ketones (excluding diaryl/α,β-unsaturated/α-hetero) is 1. The maximum Gasteiger partial charge on any atom is 0.306 e. The predicted octanol–water partition coefficient (Wildman–Crippen LogP) is -7.66. The molecule has 53 nitrogen and oxygen atoms in total. The molecule has 2 aromatic carbocycles. The summed E-state index contributed by atoms with van der Waals surface area (Å²) in [5.74, 6) is -14.1. The lowest BCUT2D eigenvalue weighted by Crippen LogP contribution is -2.52. The van der Waals surface area contributed by atoms with Crippen molar-refractivity contribution in [3.8, 4) is 23.0 Å². The molecule has 3 aliphatic heterocycles. The Balaban J connectivity index is 0.863. The Morgan fingerprint density at radius 2 is 0.851 bits per heavy atom. The highest BCUT2D eigenvalue weighted by molar-refractivity contribution is 6.02.